The van der Waals surface area contributed by atoms with E-state index in [1.165, 1.54) is 16.6 Å². The second-order valence-corrected chi connectivity index (χ2v) is 6.62. The van der Waals surface area contributed by atoms with Crippen molar-refractivity contribution in [2.24, 2.45) is 0 Å². The van der Waals surface area contributed by atoms with Crippen molar-refractivity contribution in [3.63, 3.8) is 0 Å². The summed E-state index contributed by atoms with van der Waals surface area (Å²) in [5.74, 6) is -0.282. The van der Waals surface area contributed by atoms with E-state index >= 15 is 0 Å². The van der Waals surface area contributed by atoms with E-state index in [-0.39, 0.29) is 23.7 Å². The molecule has 1 aromatic heterocycles. The van der Waals surface area contributed by atoms with E-state index in [9.17, 15) is 14.4 Å². The second-order valence-electron chi connectivity index (χ2n) is 6.62. The van der Waals surface area contributed by atoms with Crippen molar-refractivity contribution in [2.45, 2.75) is 19.6 Å². The van der Waals surface area contributed by atoms with E-state index in [1.807, 2.05) is 0 Å². The molecular formula is C21H20N4O4. The standard InChI is InChI=1S/C21H20N4O4/c1-3-25-20(27)14-9-5-4-8-13(14)18(23-25)21(28)24-12-17(19(26)22-2)29-16-11-7-6-10-15(16)24/h4-11,17H,3,12H2,1-2H3,(H,22,26). The lowest BCUT2D eigenvalue weighted by atomic mass is 10.1. The van der Waals surface area contributed by atoms with Gasteiger partial charge in [0.2, 0.25) is 0 Å². The van der Waals surface area contributed by atoms with Crippen LogP contribution in [0, 0.1) is 0 Å². The van der Waals surface area contributed by atoms with E-state index in [1.54, 1.807) is 55.5 Å². The lowest BCUT2D eigenvalue weighted by molar-refractivity contribution is -0.127. The third-order valence-corrected chi connectivity index (χ3v) is 4.93. The largest absolute Gasteiger partial charge is 0.477 e. The lowest BCUT2D eigenvalue weighted by Crippen LogP contribution is -2.50. The summed E-state index contributed by atoms with van der Waals surface area (Å²) in [6, 6.07) is 13.9. The predicted octanol–water partition coefficient (Wildman–Crippen LogP) is 1.57. The average Bonchev–Trinajstić information content (AvgIpc) is 2.77. The smallest absolute Gasteiger partial charge is 0.279 e. The molecule has 2 heterocycles. The maximum Gasteiger partial charge on any atom is 0.279 e. The van der Waals surface area contributed by atoms with Gasteiger partial charge in [-0.1, -0.05) is 30.3 Å². The van der Waals surface area contributed by atoms with Crippen LogP contribution in [0.25, 0.3) is 10.8 Å². The molecule has 2 amide bonds. The Kier molecular flexibility index (Phi) is 4.75. The molecule has 1 atom stereocenters. The number of rotatable bonds is 3. The van der Waals surface area contributed by atoms with Crippen LogP contribution < -0.4 is 20.5 Å². The highest BCUT2D eigenvalue weighted by Gasteiger charge is 2.35. The maximum absolute atomic E-state index is 13.6. The molecule has 0 radical (unpaired) electrons. The van der Waals surface area contributed by atoms with Crippen molar-refractivity contribution in [1.82, 2.24) is 15.1 Å². The highest BCUT2D eigenvalue weighted by Crippen LogP contribution is 2.34. The summed E-state index contributed by atoms with van der Waals surface area (Å²) in [6.07, 6.45) is -0.845. The van der Waals surface area contributed by atoms with E-state index in [0.29, 0.717) is 28.8 Å². The molecule has 4 rings (SSSR count). The van der Waals surface area contributed by atoms with Crippen LogP contribution in [-0.4, -0.2) is 41.3 Å². The molecule has 0 saturated carbocycles. The quantitative estimate of drug-likeness (QED) is 0.730. The van der Waals surface area contributed by atoms with Crippen molar-refractivity contribution in [3.8, 4) is 5.75 Å². The SMILES string of the molecule is CCn1nc(C(=O)N2CC(C(=O)NC)Oc3ccccc32)c2ccccc2c1=O. The summed E-state index contributed by atoms with van der Waals surface area (Å²) in [7, 11) is 1.52. The number of ether oxygens (including phenoxy) is 1. The van der Waals surface area contributed by atoms with Crippen molar-refractivity contribution < 1.29 is 14.3 Å². The van der Waals surface area contributed by atoms with Crippen molar-refractivity contribution in [1.29, 1.82) is 0 Å². The van der Waals surface area contributed by atoms with Crippen LogP contribution in [0.15, 0.2) is 53.3 Å². The van der Waals surface area contributed by atoms with E-state index in [0.717, 1.165) is 0 Å². The summed E-state index contributed by atoms with van der Waals surface area (Å²) in [5, 5.41) is 7.79. The van der Waals surface area contributed by atoms with Crippen LogP contribution >= 0.6 is 0 Å². The molecule has 8 nitrogen and oxygen atoms in total. The summed E-state index contributed by atoms with van der Waals surface area (Å²) < 4.78 is 7.05. The van der Waals surface area contributed by atoms with E-state index in [2.05, 4.69) is 10.4 Å². The van der Waals surface area contributed by atoms with Gasteiger partial charge in [-0.25, -0.2) is 4.68 Å². The Balaban J connectivity index is 1.87. The van der Waals surface area contributed by atoms with Gasteiger partial charge in [0.1, 0.15) is 5.75 Å². The Hall–Kier alpha value is -3.68. The third-order valence-electron chi connectivity index (χ3n) is 4.93. The Morgan fingerprint density at radius 3 is 2.55 bits per heavy atom. The Labute approximate surface area is 166 Å². The van der Waals surface area contributed by atoms with Gasteiger partial charge >= 0.3 is 0 Å². The molecule has 1 aliphatic rings. The van der Waals surface area contributed by atoms with Crippen LogP contribution in [0.2, 0.25) is 0 Å². The molecule has 1 unspecified atom stereocenters. The molecular weight excluding hydrogens is 372 g/mol. The molecule has 8 heteroatoms. The maximum atomic E-state index is 13.6. The molecule has 2 aromatic carbocycles. The first-order valence-electron chi connectivity index (χ1n) is 9.34. The number of para-hydroxylation sites is 2. The van der Waals surface area contributed by atoms with Gasteiger partial charge in [0.25, 0.3) is 17.4 Å². The zero-order chi connectivity index (χ0) is 20.5. The number of hydrogen-bond acceptors (Lipinski definition) is 5. The van der Waals surface area contributed by atoms with Crippen LogP contribution in [0.1, 0.15) is 17.4 Å². The van der Waals surface area contributed by atoms with Gasteiger partial charge in [-0.3, -0.25) is 19.3 Å². The number of nitrogens with one attached hydrogen (secondary N) is 1. The van der Waals surface area contributed by atoms with Crippen LogP contribution in [0.3, 0.4) is 0 Å². The number of aryl methyl sites for hydroxylation is 1. The number of hydrogen-bond donors (Lipinski definition) is 1. The van der Waals surface area contributed by atoms with Crippen LogP contribution in [0.4, 0.5) is 5.69 Å². The van der Waals surface area contributed by atoms with E-state index < -0.39 is 12.0 Å². The number of carbonyl (C=O) groups is 2. The van der Waals surface area contributed by atoms with Gasteiger partial charge in [0.15, 0.2) is 11.8 Å². The second kappa shape index (κ2) is 7.38. The normalized spacial score (nSPS) is 15.5. The van der Waals surface area contributed by atoms with Gasteiger partial charge in [0, 0.05) is 19.0 Å². The Morgan fingerprint density at radius 1 is 1.14 bits per heavy atom. The first-order valence-corrected chi connectivity index (χ1v) is 9.34. The third kappa shape index (κ3) is 3.12. The molecule has 0 spiro atoms. The molecule has 0 aliphatic carbocycles. The molecule has 1 N–H and O–H groups in total. The van der Waals surface area contributed by atoms with Gasteiger partial charge in [-0.05, 0) is 25.1 Å². The molecule has 1 aliphatic heterocycles. The molecule has 0 fully saturated rings. The lowest BCUT2D eigenvalue weighted by Gasteiger charge is -2.34. The Morgan fingerprint density at radius 2 is 1.83 bits per heavy atom. The molecule has 3 aromatic rings. The number of aromatic nitrogens is 2. The fraction of sp³-hybridized carbons (Fsp3) is 0.238. The molecule has 148 valence electrons. The Bertz CT molecular complexity index is 1170. The molecule has 29 heavy (non-hydrogen) atoms. The number of anilines is 1. The number of carbonyl (C=O) groups excluding carboxylic acids is 2. The summed E-state index contributed by atoms with van der Waals surface area (Å²) in [4.78, 5) is 39.9. The number of amides is 2. The van der Waals surface area contributed by atoms with E-state index in [4.69, 9.17) is 4.74 Å². The molecule has 0 bridgehead atoms. The molecule has 0 saturated heterocycles. The summed E-state index contributed by atoms with van der Waals surface area (Å²) in [6.45, 7) is 2.17. The minimum absolute atomic E-state index is 0.0385. The number of nitrogens with zero attached hydrogens (tertiary/aromatic N) is 3. The number of fused-ring (bicyclic) bond motifs is 2. The van der Waals surface area contributed by atoms with Crippen LogP contribution in [-0.2, 0) is 11.3 Å². The summed E-state index contributed by atoms with van der Waals surface area (Å²) in [5.41, 5.74) is 0.470. The van der Waals surface area contributed by atoms with Crippen molar-refractivity contribution in [3.05, 3.63) is 64.6 Å². The predicted molar refractivity (Wildman–Crippen MR) is 108 cm³/mol. The summed E-state index contributed by atoms with van der Waals surface area (Å²) >= 11 is 0. The fourth-order valence-electron chi connectivity index (χ4n) is 3.46. The topological polar surface area (TPSA) is 93.5 Å². The first-order chi connectivity index (χ1) is 14.0. The zero-order valence-electron chi connectivity index (χ0n) is 16.1. The van der Waals surface area contributed by atoms with Gasteiger partial charge in [0.05, 0.1) is 17.6 Å². The monoisotopic (exact) mass is 392 g/mol. The van der Waals surface area contributed by atoms with Gasteiger partial charge in [-0.15, -0.1) is 0 Å². The van der Waals surface area contributed by atoms with Crippen molar-refractivity contribution >= 4 is 28.3 Å². The highest BCUT2D eigenvalue weighted by molar-refractivity contribution is 6.13. The minimum atomic E-state index is -0.845. The highest BCUT2D eigenvalue weighted by atomic mass is 16.5. The number of benzene rings is 2. The van der Waals surface area contributed by atoms with Gasteiger partial charge < -0.3 is 10.1 Å². The first kappa shape index (κ1) is 18.7. The minimum Gasteiger partial charge on any atom is -0.477 e. The average molecular weight is 392 g/mol. The van der Waals surface area contributed by atoms with Crippen molar-refractivity contribution in [2.75, 3.05) is 18.5 Å². The van der Waals surface area contributed by atoms with Crippen LogP contribution in [0.5, 0.6) is 5.75 Å². The number of likely N-dealkylation sites (N-methyl/N-ethyl adjacent to an activating group) is 1. The zero-order valence-corrected chi connectivity index (χ0v) is 16.1. The fourth-order valence-corrected chi connectivity index (χ4v) is 3.46. The van der Waals surface area contributed by atoms with Gasteiger partial charge in [-0.2, -0.15) is 5.10 Å².